The lowest BCUT2D eigenvalue weighted by Crippen LogP contribution is -1.66. The summed E-state index contributed by atoms with van der Waals surface area (Å²) in [6, 6.07) is 0. The van der Waals surface area contributed by atoms with E-state index >= 15 is 0 Å². The molecule has 3 radical (unpaired) electrons. The average Bonchev–Trinajstić information content (AvgIpc) is 2.16. The second-order valence-electron chi connectivity index (χ2n) is 2.70. The van der Waals surface area contributed by atoms with E-state index in [1.54, 1.807) is 0 Å². The van der Waals surface area contributed by atoms with Gasteiger partial charge in [-0.05, 0) is 6.92 Å². The molecule has 0 aliphatic carbocycles. The monoisotopic (exact) mass is 183 g/mol. The summed E-state index contributed by atoms with van der Waals surface area (Å²) in [5.41, 5.74) is 0. The smallest absolute Gasteiger partial charge is 0.0319 e. The van der Waals surface area contributed by atoms with Gasteiger partial charge in [0.15, 0.2) is 0 Å². The van der Waals surface area contributed by atoms with Gasteiger partial charge in [-0.3, -0.25) is 0 Å². The molecule has 0 aromatic rings. The van der Waals surface area contributed by atoms with Crippen LogP contribution in [0.5, 0.6) is 0 Å². The molecule has 0 aromatic carbocycles. The van der Waals surface area contributed by atoms with Crippen LogP contribution in [0.3, 0.4) is 0 Å². The van der Waals surface area contributed by atoms with Crippen molar-refractivity contribution in [2.75, 3.05) is 0 Å². The van der Waals surface area contributed by atoms with E-state index in [-0.39, 0.29) is 0 Å². The van der Waals surface area contributed by atoms with Crippen molar-refractivity contribution in [1.29, 1.82) is 0 Å². The van der Waals surface area contributed by atoms with Gasteiger partial charge in [0.25, 0.3) is 0 Å². The minimum Gasteiger partial charge on any atom is -0.103 e. The van der Waals surface area contributed by atoms with Gasteiger partial charge in [-0.25, -0.2) is 0 Å². The summed E-state index contributed by atoms with van der Waals surface area (Å²) in [4.78, 5) is 0. The second kappa shape index (κ2) is 29.8. The van der Waals surface area contributed by atoms with Crippen molar-refractivity contribution >= 4 is 0 Å². The fourth-order valence-corrected chi connectivity index (χ4v) is 0.427. The first kappa shape index (κ1) is 18.5. The Kier molecular flexibility index (Phi) is 42.4. The number of unbranched alkanes of at least 4 members (excludes halogenated alkanes) is 4. The molecular weight excluding hydrogens is 156 g/mol. The lowest BCUT2D eigenvalue weighted by Gasteiger charge is -1.86. The summed E-state index contributed by atoms with van der Waals surface area (Å²) in [5, 5.41) is 0. The average molecular weight is 183 g/mol. The lowest BCUT2D eigenvalue weighted by atomic mass is 10.2. The maximum Gasteiger partial charge on any atom is -0.0319 e. The van der Waals surface area contributed by atoms with Gasteiger partial charge in [0.2, 0.25) is 0 Å². The van der Waals surface area contributed by atoms with Crippen molar-refractivity contribution in [3.05, 3.63) is 33.4 Å². The lowest BCUT2D eigenvalue weighted by molar-refractivity contribution is 0.728. The molecule has 0 N–H and O–H groups in total. The van der Waals surface area contributed by atoms with Crippen LogP contribution in [0.4, 0.5) is 0 Å². The second-order valence-corrected chi connectivity index (χ2v) is 2.70. The number of hydrogen-bond donors (Lipinski definition) is 0. The third-order valence-corrected chi connectivity index (χ3v) is 1.21. The molecule has 0 saturated heterocycles. The number of rotatable bonds is 4. The van der Waals surface area contributed by atoms with Crippen LogP contribution in [0.2, 0.25) is 0 Å². The quantitative estimate of drug-likeness (QED) is 0.536. The van der Waals surface area contributed by atoms with Crippen LogP contribution in [0, 0.1) is 20.8 Å². The van der Waals surface area contributed by atoms with E-state index in [0.717, 1.165) is 12.8 Å². The molecule has 0 atom stereocenters. The van der Waals surface area contributed by atoms with Crippen LogP contribution >= 0.6 is 0 Å². The molecular formula is C13H27. The standard InChI is InChI=1S/C6H13.C4H9.C3H5/c1-3-5-6-4-2;1-3-4-2;1-3-2/h1,3-6H2,2H3;1,3-4H2,2H3;3H,1-2H2. The Morgan fingerprint density at radius 1 is 0.923 bits per heavy atom. The van der Waals surface area contributed by atoms with Crippen molar-refractivity contribution < 1.29 is 0 Å². The molecule has 0 rings (SSSR count). The highest BCUT2D eigenvalue weighted by atomic mass is 13.8. The van der Waals surface area contributed by atoms with Crippen molar-refractivity contribution in [3.63, 3.8) is 0 Å². The predicted octanol–water partition coefficient (Wildman–Crippen LogP) is 5.03. The summed E-state index contributed by atoms with van der Waals surface area (Å²) in [6.07, 6.45) is 8.85. The molecule has 0 fully saturated rings. The predicted molar refractivity (Wildman–Crippen MR) is 65.3 cm³/mol. The van der Waals surface area contributed by atoms with E-state index in [1.165, 1.54) is 31.8 Å². The van der Waals surface area contributed by atoms with Gasteiger partial charge in [0, 0.05) is 0 Å². The van der Waals surface area contributed by atoms with Gasteiger partial charge in [-0.15, -0.1) is 6.58 Å². The molecule has 0 saturated carbocycles. The number of hydrogen-bond acceptors (Lipinski definition) is 0. The Morgan fingerprint density at radius 2 is 1.31 bits per heavy atom. The zero-order chi connectivity index (χ0) is 10.9. The molecule has 13 heavy (non-hydrogen) atoms. The summed E-state index contributed by atoms with van der Waals surface area (Å²) in [7, 11) is 0. The minimum atomic E-state index is 1.07. The fourth-order valence-electron chi connectivity index (χ4n) is 0.427. The SMILES string of the molecule is [CH2]C=C.[CH2]CCC.[CH2]CCCCC. The molecule has 0 nitrogen and oxygen atoms in total. The van der Waals surface area contributed by atoms with Gasteiger partial charge < -0.3 is 0 Å². The van der Waals surface area contributed by atoms with Crippen molar-refractivity contribution in [1.82, 2.24) is 0 Å². The molecule has 0 amide bonds. The Balaban J connectivity index is -0.000000125. The zero-order valence-electron chi connectivity index (χ0n) is 9.65. The van der Waals surface area contributed by atoms with Gasteiger partial charge >= 0.3 is 0 Å². The van der Waals surface area contributed by atoms with Crippen LogP contribution in [0.1, 0.15) is 52.4 Å². The number of allylic oxidation sites excluding steroid dienone is 1. The maximum atomic E-state index is 3.72. The molecule has 0 aliphatic rings. The van der Waals surface area contributed by atoms with Gasteiger partial charge in [-0.1, -0.05) is 72.3 Å². The van der Waals surface area contributed by atoms with Crippen LogP contribution in [0.15, 0.2) is 12.7 Å². The summed E-state index contributed by atoms with van der Waals surface area (Å²) in [6.45, 7) is 18.1. The molecule has 0 heteroatoms. The van der Waals surface area contributed by atoms with E-state index < -0.39 is 0 Å². The highest BCUT2D eigenvalue weighted by Crippen LogP contribution is 1.95. The first-order chi connectivity index (χ1) is 6.24. The van der Waals surface area contributed by atoms with Crippen LogP contribution in [-0.2, 0) is 0 Å². The van der Waals surface area contributed by atoms with E-state index in [2.05, 4.69) is 41.2 Å². The summed E-state index contributed by atoms with van der Waals surface area (Å²) >= 11 is 0. The molecule has 0 spiro atoms. The molecule has 79 valence electrons. The Hall–Kier alpha value is -0.260. The topological polar surface area (TPSA) is 0 Å². The molecule has 0 unspecified atom stereocenters. The van der Waals surface area contributed by atoms with Crippen molar-refractivity contribution in [3.8, 4) is 0 Å². The minimum absolute atomic E-state index is 1.07. The first-order valence-electron chi connectivity index (χ1n) is 5.23. The van der Waals surface area contributed by atoms with E-state index in [4.69, 9.17) is 0 Å². The Labute approximate surface area is 86.4 Å². The van der Waals surface area contributed by atoms with Gasteiger partial charge in [0.05, 0.1) is 0 Å². The first-order valence-corrected chi connectivity index (χ1v) is 5.23. The maximum absolute atomic E-state index is 3.72. The van der Waals surface area contributed by atoms with Crippen LogP contribution in [0.25, 0.3) is 0 Å². The van der Waals surface area contributed by atoms with E-state index in [0.29, 0.717) is 0 Å². The zero-order valence-corrected chi connectivity index (χ0v) is 9.65. The van der Waals surface area contributed by atoms with E-state index in [9.17, 15) is 0 Å². The third-order valence-electron chi connectivity index (χ3n) is 1.21. The Bertz CT molecular complexity index is 49.1. The van der Waals surface area contributed by atoms with E-state index in [1.807, 2.05) is 0 Å². The molecule has 0 aromatic heterocycles. The summed E-state index contributed by atoms with van der Waals surface area (Å²) in [5.74, 6) is 0. The summed E-state index contributed by atoms with van der Waals surface area (Å²) < 4.78 is 0. The van der Waals surface area contributed by atoms with Gasteiger partial charge in [0.1, 0.15) is 0 Å². The third kappa shape index (κ3) is 79.6. The Morgan fingerprint density at radius 3 is 1.38 bits per heavy atom. The van der Waals surface area contributed by atoms with Crippen LogP contribution < -0.4 is 0 Å². The molecule has 0 heterocycles. The van der Waals surface area contributed by atoms with Crippen molar-refractivity contribution in [2.45, 2.75) is 52.4 Å². The highest BCUT2D eigenvalue weighted by Gasteiger charge is 1.75. The molecule has 0 aliphatic heterocycles. The normalized spacial score (nSPS) is 7.46. The molecule has 0 bridgehead atoms. The largest absolute Gasteiger partial charge is 0.103 e. The van der Waals surface area contributed by atoms with Crippen molar-refractivity contribution in [2.24, 2.45) is 0 Å². The fraction of sp³-hybridized carbons (Fsp3) is 0.615. The van der Waals surface area contributed by atoms with Crippen LogP contribution in [-0.4, -0.2) is 0 Å². The van der Waals surface area contributed by atoms with Gasteiger partial charge in [-0.2, -0.15) is 0 Å². The highest BCUT2D eigenvalue weighted by molar-refractivity contribution is 4.66.